The highest BCUT2D eigenvalue weighted by molar-refractivity contribution is 6.33. The molecule has 1 unspecified atom stereocenters. The van der Waals surface area contributed by atoms with E-state index in [1.807, 2.05) is 12.1 Å². The van der Waals surface area contributed by atoms with Crippen molar-refractivity contribution in [3.63, 3.8) is 0 Å². The lowest BCUT2D eigenvalue weighted by Gasteiger charge is -2.17. The van der Waals surface area contributed by atoms with Crippen molar-refractivity contribution >= 4 is 22.8 Å². The van der Waals surface area contributed by atoms with Crippen molar-refractivity contribution in [3.05, 3.63) is 59.5 Å². The largest absolute Gasteiger partial charge is 0.456 e. The predicted octanol–water partition coefficient (Wildman–Crippen LogP) is 5.05. The number of nitrogens with one attached hydrogen (secondary N) is 1. The molecule has 9 heteroatoms. The maximum absolute atomic E-state index is 13.2. The molecule has 0 amide bonds. The third kappa shape index (κ3) is 4.68. The number of rotatable bonds is 7. The number of imidazole rings is 1. The Hall–Kier alpha value is -3.07. The minimum atomic E-state index is -0.286. The number of H-pyrrole nitrogens is 1. The van der Waals surface area contributed by atoms with Crippen LogP contribution in [0.3, 0.4) is 0 Å². The van der Waals surface area contributed by atoms with Crippen LogP contribution in [0.5, 0.6) is 6.01 Å². The van der Waals surface area contributed by atoms with Gasteiger partial charge in [-0.1, -0.05) is 18.5 Å². The number of fused-ring (bicyclic) bond motifs is 1. The average Bonchev–Trinajstić information content (AvgIpc) is 3.43. The maximum atomic E-state index is 13.2. The molecule has 1 aliphatic rings. The molecule has 0 saturated carbocycles. The number of hydrogen-bond acceptors (Lipinski definition) is 6. The molecular formula is C24H22ClFN4O3. The van der Waals surface area contributed by atoms with Gasteiger partial charge < -0.3 is 19.2 Å². The van der Waals surface area contributed by atoms with Crippen molar-refractivity contribution in [2.24, 2.45) is 0 Å². The van der Waals surface area contributed by atoms with E-state index in [4.69, 9.17) is 25.8 Å². The molecule has 4 aromatic rings. The fourth-order valence-electron chi connectivity index (χ4n) is 3.67. The number of hydrogen-bond donors (Lipinski definition) is 1. The van der Waals surface area contributed by atoms with E-state index in [0.29, 0.717) is 47.7 Å². The lowest BCUT2D eigenvalue weighted by atomic mass is 10.1. The predicted molar refractivity (Wildman–Crippen MR) is 123 cm³/mol. The van der Waals surface area contributed by atoms with Crippen LogP contribution in [0.4, 0.5) is 4.39 Å². The van der Waals surface area contributed by atoms with Gasteiger partial charge in [0.05, 0.1) is 35.1 Å². The van der Waals surface area contributed by atoms with E-state index in [9.17, 15) is 4.39 Å². The zero-order chi connectivity index (χ0) is 22.8. The van der Waals surface area contributed by atoms with Crippen LogP contribution in [0.15, 0.2) is 48.7 Å². The molecule has 1 fully saturated rings. The van der Waals surface area contributed by atoms with Crippen LogP contribution in [0.2, 0.25) is 5.02 Å². The zero-order valence-corrected chi connectivity index (χ0v) is 18.7. The standard InChI is InChI=1S/C24H22ClFN4O3/c1-2-9-32-20-12-31-13-21(20)33-24-28-19-10-17(25)22(29-23(19)30-24)15-5-8-18(27-11-15)14-3-6-16(26)7-4-14/h3-8,10-11,20-21H,2,9,12-13H2,1H3,(H,28,29,30)/t20-,21?/m0/s1. The second-order valence-corrected chi connectivity index (χ2v) is 8.18. The highest BCUT2D eigenvalue weighted by atomic mass is 35.5. The summed E-state index contributed by atoms with van der Waals surface area (Å²) in [5.41, 5.74) is 4.01. The first-order valence-corrected chi connectivity index (χ1v) is 11.1. The van der Waals surface area contributed by atoms with E-state index in [-0.39, 0.29) is 18.0 Å². The molecular weight excluding hydrogens is 447 g/mol. The summed E-state index contributed by atoms with van der Waals surface area (Å²) < 4.78 is 30.5. The van der Waals surface area contributed by atoms with Crippen molar-refractivity contribution in [1.82, 2.24) is 19.9 Å². The Labute approximate surface area is 194 Å². The molecule has 33 heavy (non-hydrogen) atoms. The van der Waals surface area contributed by atoms with Gasteiger partial charge in [0, 0.05) is 23.9 Å². The normalized spacial score (nSPS) is 18.2. The lowest BCUT2D eigenvalue weighted by molar-refractivity contribution is -0.00235. The Morgan fingerprint density at radius 2 is 1.88 bits per heavy atom. The molecule has 170 valence electrons. The summed E-state index contributed by atoms with van der Waals surface area (Å²) in [6, 6.07) is 12.0. The monoisotopic (exact) mass is 468 g/mol. The summed E-state index contributed by atoms with van der Waals surface area (Å²) in [6.45, 7) is 3.66. The van der Waals surface area contributed by atoms with Crippen molar-refractivity contribution < 1.29 is 18.6 Å². The quantitative estimate of drug-likeness (QED) is 0.408. The Balaban J connectivity index is 1.37. The van der Waals surface area contributed by atoms with Crippen LogP contribution in [-0.2, 0) is 9.47 Å². The van der Waals surface area contributed by atoms with Crippen molar-refractivity contribution in [2.45, 2.75) is 25.6 Å². The lowest BCUT2D eigenvalue weighted by Crippen LogP contribution is -2.33. The van der Waals surface area contributed by atoms with Crippen LogP contribution in [-0.4, -0.2) is 52.0 Å². The molecule has 1 aromatic carbocycles. The molecule has 7 nitrogen and oxygen atoms in total. The van der Waals surface area contributed by atoms with Crippen LogP contribution in [0, 0.1) is 5.82 Å². The fourth-order valence-corrected chi connectivity index (χ4v) is 3.93. The molecule has 0 bridgehead atoms. The third-order valence-electron chi connectivity index (χ3n) is 5.36. The van der Waals surface area contributed by atoms with E-state index in [1.165, 1.54) is 12.1 Å². The molecule has 5 rings (SSSR count). The zero-order valence-electron chi connectivity index (χ0n) is 17.9. The summed E-state index contributed by atoms with van der Waals surface area (Å²) in [4.78, 5) is 16.7. The summed E-state index contributed by atoms with van der Waals surface area (Å²) in [6.07, 6.45) is 2.25. The van der Waals surface area contributed by atoms with Crippen molar-refractivity contribution in [1.29, 1.82) is 0 Å². The number of ether oxygens (including phenoxy) is 3. The summed E-state index contributed by atoms with van der Waals surface area (Å²) in [7, 11) is 0. The molecule has 0 radical (unpaired) electrons. The third-order valence-corrected chi connectivity index (χ3v) is 5.65. The van der Waals surface area contributed by atoms with E-state index in [0.717, 1.165) is 23.2 Å². The number of benzene rings is 1. The first-order chi connectivity index (χ1) is 16.1. The second-order valence-electron chi connectivity index (χ2n) is 7.77. The molecule has 2 atom stereocenters. The topological polar surface area (TPSA) is 82.2 Å². The van der Waals surface area contributed by atoms with Gasteiger partial charge >= 0.3 is 0 Å². The summed E-state index contributed by atoms with van der Waals surface area (Å²) in [5.74, 6) is -0.286. The molecule has 1 saturated heterocycles. The highest BCUT2D eigenvalue weighted by Gasteiger charge is 2.31. The second kappa shape index (κ2) is 9.43. The van der Waals surface area contributed by atoms with Gasteiger partial charge in [0.2, 0.25) is 0 Å². The van der Waals surface area contributed by atoms with E-state index < -0.39 is 0 Å². The smallest absolute Gasteiger partial charge is 0.296 e. The Morgan fingerprint density at radius 1 is 1.09 bits per heavy atom. The number of pyridine rings is 2. The Kier molecular flexibility index (Phi) is 6.22. The molecule has 0 spiro atoms. The first kappa shape index (κ1) is 21.8. The highest BCUT2D eigenvalue weighted by Crippen LogP contribution is 2.30. The Bertz CT molecular complexity index is 1250. The molecule has 0 aliphatic carbocycles. The van der Waals surface area contributed by atoms with Crippen molar-refractivity contribution in [3.8, 4) is 28.5 Å². The van der Waals surface area contributed by atoms with Gasteiger partial charge in [-0.2, -0.15) is 4.98 Å². The van der Waals surface area contributed by atoms with Gasteiger partial charge in [0.1, 0.15) is 11.9 Å². The molecule has 3 aromatic heterocycles. The maximum Gasteiger partial charge on any atom is 0.296 e. The van der Waals surface area contributed by atoms with Crippen LogP contribution < -0.4 is 4.74 Å². The van der Waals surface area contributed by atoms with Gasteiger partial charge in [-0.25, -0.2) is 9.37 Å². The minimum Gasteiger partial charge on any atom is -0.456 e. The van der Waals surface area contributed by atoms with Crippen LogP contribution in [0.1, 0.15) is 13.3 Å². The molecule has 1 aliphatic heterocycles. The van der Waals surface area contributed by atoms with Gasteiger partial charge in [0.15, 0.2) is 11.8 Å². The van der Waals surface area contributed by atoms with E-state index in [2.05, 4.69) is 26.9 Å². The van der Waals surface area contributed by atoms with E-state index in [1.54, 1.807) is 24.4 Å². The van der Waals surface area contributed by atoms with Gasteiger partial charge in [-0.3, -0.25) is 4.98 Å². The Morgan fingerprint density at radius 3 is 2.64 bits per heavy atom. The number of aromatic nitrogens is 4. The van der Waals surface area contributed by atoms with Crippen LogP contribution >= 0.6 is 11.6 Å². The SMILES string of the molecule is CCCO[C@H]1COCC1Oc1nc2nc(-c3ccc(-c4ccc(F)cc4)nc3)c(Cl)cc2[nH]1. The summed E-state index contributed by atoms with van der Waals surface area (Å²) >= 11 is 6.51. The van der Waals surface area contributed by atoms with Gasteiger partial charge in [0.25, 0.3) is 6.01 Å². The molecule has 1 N–H and O–H groups in total. The number of halogens is 2. The van der Waals surface area contributed by atoms with E-state index >= 15 is 0 Å². The molecule has 4 heterocycles. The number of aromatic amines is 1. The summed E-state index contributed by atoms with van der Waals surface area (Å²) in [5, 5.41) is 0.461. The van der Waals surface area contributed by atoms with Gasteiger partial charge in [-0.05, 0) is 48.9 Å². The average molecular weight is 469 g/mol. The fraction of sp³-hybridized carbons (Fsp3) is 0.292. The first-order valence-electron chi connectivity index (χ1n) is 10.8. The van der Waals surface area contributed by atoms with Gasteiger partial charge in [-0.15, -0.1) is 0 Å². The minimum absolute atomic E-state index is 0.129. The van der Waals surface area contributed by atoms with Crippen molar-refractivity contribution in [2.75, 3.05) is 19.8 Å². The number of nitrogens with zero attached hydrogens (tertiary/aromatic N) is 3. The van der Waals surface area contributed by atoms with Crippen LogP contribution in [0.25, 0.3) is 33.7 Å².